The Hall–Kier alpha value is -2.21. The highest BCUT2D eigenvalue weighted by Crippen LogP contribution is 2.31. The van der Waals surface area contributed by atoms with Crippen LogP contribution in [0.4, 0.5) is 0 Å². The molecule has 1 amide bonds. The Bertz CT molecular complexity index is 637. The lowest BCUT2D eigenvalue weighted by molar-refractivity contribution is -0.120. The summed E-state index contributed by atoms with van der Waals surface area (Å²) >= 11 is 0. The zero-order valence-corrected chi connectivity index (χ0v) is 13.3. The minimum absolute atomic E-state index is 0.0190. The summed E-state index contributed by atoms with van der Waals surface area (Å²) in [6, 6.07) is 5.91. The molecule has 1 heterocycles. The number of ether oxygens (including phenoxy) is 2. The Morgan fingerprint density at radius 2 is 2.05 bits per heavy atom. The van der Waals surface area contributed by atoms with Crippen molar-refractivity contribution in [1.82, 2.24) is 15.6 Å². The number of hydrogen-bond acceptors (Lipinski definition) is 4. The second kappa shape index (κ2) is 7.70. The van der Waals surface area contributed by atoms with Crippen LogP contribution in [0.25, 0.3) is 10.9 Å². The van der Waals surface area contributed by atoms with Crippen LogP contribution in [0.1, 0.15) is 12.1 Å². The molecule has 0 bridgehead atoms. The van der Waals surface area contributed by atoms with Crippen LogP contribution in [0.2, 0.25) is 0 Å². The molecule has 6 nitrogen and oxygen atoms in total. The molecule has 2 rings (SSSR count). The van der Waals surface area contributed by atoms with Gasteiger partial charge in [-0.05, 0) is 26.0 Å². The first kappa shape index (κ1) is 16.2. The third kappa shape index (κ3) is 3.92. The van der Waals surface area contributed by atoms with Crippen molar-refractivity contribution in [1.29, 1.82) is 0 Å². The molecule has 0 aliphatic carbocycles. The van der Waals surface area contributed by atoms with Crippen molar-refractivity contribution in [3.05, 3.63) is 23.9 Å². The average molecular weight is 305 g/mol. The van der Waals surface area contributed by atoms with Gasteiger partial charge in [0, 0.05) is 29.8 Å². The molecule has 0 saturated heterocycles. The quantitative estimate of drug-likeness (QED) is 0.645. The minimum atomic E-state index is 0.0190. The van der Waals surface area contributed by atoms with Gasteiger partial charge in [0.1, 0.15) is 11.5 Å². The summed E-state index contributed by atoms with van der Waals surface area (Å²) in [5, 5.41) is 6.73. The maximum Gasteiger partial charge on any atom is 0.233 e. The molecule has 2 aromatic rings. The number of amides is 1. The van der Waals surface area contributed by atoms with Crippen molar-refractivity contribution in [3.8, 4) is 11.5 Å². The number of fused-ring (bicyclic) bond motifs is 1. The van der Waals surface area contributed by atoms with Crippen LogP contribution in [0.3, 0.4) is 0 Å². The number of aromatic nitrogens is 1. The largest absolute Gasteiger partial charge is 0.497 e. The summed E-state index contributed by atoms with van der Waals surface area (Å²) in [4.78, 5) is 14.7. The topological polar surface area (TPSA) is 75.4 Å². The van der Waals surface area contributed by atoms with E-state index in [-0.39, 0.29) is 5.91 Å². The molecule has 22 heavy (non-hydrogen) atoms. The van der Waals surface area contributed by atoms with Gasteiger partial charge in [0.05, 0.1) is 26.3 Å². The van der Waals surface area contributed by atoms with Crippen LogP contribution < -0.4 is 20.1 Å². The lowest BCUT2D eigenvalue weighted by Gasteiger charge is -2.04. The molecule has 0 aliphatic heterocycles. The van der Waals surface area contributed by atoms with E-state index < -0.39 is 0 Å². The number of nitrogens with one attached hydrogen (secondary N) is 3. The maximum absolute atomic E-state index is 11.3. The number of carbonyl (C=O) groups is 1. The first-order valence-corrected chi connectivity index (χ1v) is 7.33. The summed E-state index contributed by atoms with van der Waals surface area (Å²) in [6.45, 7) is 1.01. The van der Waals surface area contributed by atoms with E-state index in [0.717, 1.165) is 40.9 Å². The van der Waals surface area contributed by atoms with E-state index >= 15 is 0 Å². The van der Waals surface area contributed by atoms with E-state index in [1.165, 1.54) is 0 Å². The Balaban J connectivity index is 1.99. The van der Waals surface area contributed by atoms with E-state index in [4.69, 9.17) is 9.47 Å². The van der Waals surface area contributed by atoms with E-state index in [0.29, 0.717) is 13.1 Å². The van der Waals surface area contributed by atoms with Gasteiger partial charge in [0.15, 0.2) is 0 Å². The number of carbonyl (C=O) groups excluding carboxylic acids is 1. The molecular formula is C16H23N3O3. The summed E-state index contributed by atoms with van der Waals surface area (Å²) < 4.78 is 10.7. The zero-order valence-electron chi connectivity index (χ0n) is 13.3. The zero-order chi connectivity index (χ0) is 15.9. The van der Waals surface area contributed by atoms with E-state index in [1.54, 1.807) is 21.3 Å². The van der Waals surface area contributed by atoms with E-state index in [2.05, 4.69) is 21.7 Å². The molecule has 0 radical (unpaired) electrons. The number of likely N-dealkylation sites (N-methyl/N-ethyl adjacent to an activating group) is 1. The Kier molecular flexibility index (Phi) is 5.66. The van der Waals surface area contributed by atoms with Crippen molar-refractivity contribution in [2.75, 3.05) is 34.4 Å². The average Bonchev–Trinajstić information content (AvgIpc) is 2.93. The second-order valence-corrected chi connectivity index (χ2v) is 5.07. The van der Waals surface area contributed by atoms with Crippen LogP contribution in [-0.4, -0.2) is 45.2 Å². The predicted octanol–water partition coefficient (Wildman–Crippen LogP) is 1.45. The van der Waals surface area contributed by atoms with Crippen molar-refractivity contribution in [2.45, 2.75) is 12.8 Å². The van der Waals surface area contributed by atoms with Crippen molar-refractivity contribution >= 4 is 16.8 Å². The third-order valence-electron chi connectivity index (χ3n) is 3.47. The van der Waals surface area contributed by atoms with Crippen molar-refractivity contribution in [2.24, 2.45) is 0 Å². The number of aryl methyl sites for hydroxylation is 1. The van der Waals surface area contributed by atoms with Gasteiger partial charge in [-0.15, -0.1) is 0 Å². The fraction of sp³-hybridized carbons (Fsp3) is 0.438. The van der Waals surface area contributed by atoms with Crippen LogP contribution in [0.15, 0.2) is 18.2 Å². The molecule has 0 unspecified atom stereocenters. The number of rotatable bonds is 8. The molecule has 1 aromatic carbocycles. The highest BCUT2D eigenvalue weighted by molar-refractivity contribution is 5.88. The first-order valence-electron chi connectivity index (χ1n) is 7.33. The van der Waals surface area contributed by atoms with Gasteiger partial charge in [-0.25, -0.2) is 0 Å². The Morgan fingerprint density at radius 1 is 1.23 bits per heavy atom. The van der Waals surface area contributed by atoms with Gasteiger partial charge in [-0.1, -0.05) is 0 Å². The van der Waals surface area contributed by atoms with Crippen molar-refractivity contribution in [3.63, 3.8) is 0 Å². The molecule has 120 valence electrons. The number of H-pyrrole nitrogens is 1. The number of benzene rings is 1. The van der Waals surface area contributed by atoms with E-state index in [1.807, 2.05) is 12.1 Å². The molecular weight excluding hydrogens is 282 g/mol. The third-order valence-corrected chi connectivity index (χ3v) is 3.47. The minimum Gasteiger partial charge on any atom is -0.497 e. The summed E-state index contributed by atoms with van der Waals surface area (Å²) in [7, 11) is 5.04. The molecule has 0 fully saturated rings. The van der Waals surface area contributed by atoms with Gasteiger partial charge in [-0.2, -0.15) is 0 Å². The van der Waals surface area contributed by atoms with Gasteiger partial charge < -0.3 is 25.1 Å². The summed E-state index contributed by atoms with van der Waals surface area (Å²) in [6.07, 6.45) is 1.74. The predicted molar refractivity (Wildman–Crippen MR) is 86.7 cm³/mol. The molecule has 0 aliphatic rings. The summed E-state index contributed by atoms with van der Waals surface area (Å²) in [5.74, 6) is 1.57. The van der Waals surface area contributed by atoms with Crippen molar-refractivity contribution < 1.29 is 14.3 Å². The molecule has 0 saturated carbocycles. The van der Waals surface area contributed by atoms with Crippen LogP contribution in [0.5, 0.6) is 11.5 Å². The van der Waals surface area contributed by atoms with Crippen LogP contribution in [-0.2, 0) is 11.2 Å². The number of hydrogen-bond donors (Lipinski definition) is 3. The monoisotopic (exact) mass is 305 g/mol. The van der Waals surface area contributed by atoms with Crippen LogP contribution >= 0.6 is 0 Å². The lowest BCUT2D eigenvalue weighted by Crippen LogP contribution is -2.32. The number of methoxy groups -OCH3 is 2. The van der Waals surface area contributed by atoms with Gasteiger partial charge in [-0.3, -0.25) is 4.79 Å². The maximum atomic E-state index is 11.3. The number of aromatic amines is 1. The summed E-state index contributed by atoms with van der Waals surface area (Å²) in [5.41, 5.74) is 2.11. The highest BCUT2D eigenvalue weighted by Gasteiger charge is 2.09. The fourth-order valence-corrected chi connectivity index (χ4v) is 2.39. The van der Waals surface area contributed by atoms with Gasteiger partial charge in [0.25, 0.3) is 0 Å². The SMILES string of the molecule is CNCC(=O)NCCCc1cc2c(OC)cc(OC)cc2[nH]1. The first-order chi connectivity index (χ1) is 10.7. The molecule has 0 atom stereocenters. The Labute approximate surface area is 130 Å². The Morgan fingerprint density at radius 3 is 2.73 bits per heavy atom. The second-order valence-electron chi connectivity index (χ2n) is 5.07. The fourth-order valence-electron chi connectivity index (χ4n) is 2.39. The molecule has 0 spiro atoms. The van der Waals surface area contributed by atoms with Gasteiger partial charge >= 0.3 is 0 Å². The van der Waals surface area contributed by atoms with Gasteiger partial charge in [0.2, 0.25) is 5.91 Å². The molecule has 6 heteroatoms. The molecule has 1 aromatic heterocycles. The lowest BCUT2D eigenvalue weighted by atomic mass is 10.2. The smallest absolute Gasteiger partial charge is 0.233 e. The normalized spacial score (nSPS) is 10.7. The molecule has 3 N–H and O–H groups in total. The standard InChI is InChI=1S/C16H23N3O3/c1-17-10-16(20)18-6-4-5-11-7-13-14(19-11)8-12(21-2)9-15(13)22-3/h7-9,17,19H,4-6,10H2,1-3H3,(H,18,20). The van der Waals surface area contributed by atoms with Crippen LogP contribution in [0, 0.1) is 0 Å². The highest BCUT2D eigenvalue weighted by atomic mass is 16.5. The van der Waals surface area contributed by atoms with E-state index in [9.17, 15) is 4.79 Å².